The van der Waals surface area contributed by atoms with Crippen molar-refractivity contribution in [3.63, 3.8) is 0 Å². The first-order valence-corrected chi connectivity index (χ1v) is 12.8. The van der Waals surface area contributed by atoms with Gasteiger partial charge in [0.25, 0.3) is 0 Å². The van der Waals surface area contributed by atoms with E-state index in [4.69, 9.17) is 0 Å². The van der Waals surface area contributed by atoms with Crippen LogP contribution in [0.3, 0.4) is 0 Å². The molecule has 31 heavy (non-hydrogen) atoms. The van der Waals surface area contributed by atoms with E-state index < -0.39 is 10.0 Å². The molecule has 1 aliphatic carbocycles. The van der Waals surface area contributed by atoms with Gasteiger partial charge in [-0.1, -0.05) is 43.2 Å². The van der Waals surface area contributed by atoms with Crippen LogP contribution in [0.15, 0.2) is 58.6 Å². The molecule has 2 N–H and O–H groups in total. The summed E-state index contributed by atoms with van der Waals surface area (Å²) in [4.78, 5) is 20.2. The fraction of sp³-hybridized carbons (Fsp3) is 0.364. The van der Waals surface area contributed by atoms with E-state index in [1.54, 1.807) is 31.3 Å². The number of sulfonamides is 1. The first kappa shape index (κ1) is 21.9. The summed E-state index contributed by atoms with van der Waals surface area (Å²) in [6.07, 6.45) is 5.13. The Hall–Kier alpha value is -2.36. The SMILES string of the molecule is CN(C1CCCCC1)S(=O)(=O)c1ccc(NC(=O)CSc2nc3ccccc3[nH]2)cc1. The van der Waals surface area contributed by atoms with Crippen molar-refractivity contribution in [1.82, 2.24) is 14.3 Å². The molecule has 9 heteroatoms. The Morgan fingerprint density at radius 3 is 2.55 bits per heavy atom. The van der Waals surface area contributed by atoms with E-state index in [0.717, 1.165) is 36.7 Å². The van der Waals surface area contributed by atoms with E-state index in [0.29, 0.717) is 10.8 Å². The summed E-state index contributed by atoms with van der Waals surface area (Å²) in [6, 6.07) is 14.1. The second-order valence-corrected chi connectivity index (χ2v) is 10.7. The standard InChI is InChI=1S/C22H26N4O3S2/c1-26(17-7-3-2-4-8-17)31(28,29)18-13-11-16(12-14-18)23-21(27)15-30-22-24-19-9-5-6-10-20(19)25-22/h5-6,9-14,17H,2-4,7-8,15H2,1H3,(H,23,27)(H,24,25). The van der Waals surface area contributed by atoms with E-state index >= 15 is 0 Å². The number of nitrogens with zero attached hydrogens (tertiary/aromatic N) is 2. The highest BCUT2D eigenvalue weighted by Gasteiger charge is 2.28. The van der Waals surface area contributed by atoms with Crippen molar-refractivity contribution >= 4 is 44.4 Å². The van der Waals surface area contributed by atoms with Gasteiger partial charge in [0.15, 0.2) is 5.16 Å². The van der Waals surface area contributed by atoms with Crippen molar-refractivity contribution in [2.75, 3.05) is 18.1 Å². The Morgan fingerprint density at radius 1 is 1.13 bits per heavy atom. The molecule has 0 atom stereocenters. The molecule has 1 heterocycles. The molecule has 0 spiro atoms. The molecule has 4 rings (SSSR count). The number of fused-ring (bicyclic) bond motifs is 1. The molecule has 1 saturated carbocycles. The van der Waals surface area contributed by atoms with E-state index in [1.165, 1.54) is 22.5 Å². The summed E-state index contributed by atoms with van der Waals surface area (Å²) >= 11 is 1.32. The molecular weight excluding hydrogens is 432 g/mol. The number of nitrogens with one attached hydrogen (secondary N) is 2. The zero-order chi connectivity index (χ0) is 21.8. The van der Waals surface area contributed by atoms with Gasteiger partial charge in [0.1, 0.15) is 0 Å². The number of aromatic nitrogens is 2. The molecule has 0 saturated heterocycles. The molecule has 3 aromatic rings. The van der Waals surface area contributed by atoms with Crippen molar-refractivity contribution in [1.29, 1.82) is 0 Å². The molecule has 7 nitrogen and oxygen atoms in total. The summed E-state index contributed by atoms with van der Waals surface area (Å²) in [5, 5.41) is 3.49. The molecule has 1 fully saturated rings. The lowest BCUT2D eigenvalue weighted by atomic mass is 9.96. The summed E-state index contributed by atoms with van der Waals surface area (Å²) < 4.78 is 27.3. The number of aromatic amines is 1. The molecule has 0 radical (unpaired) electrons. The fourth-order valence-electron chi connectivity index (χ4n) is 3.85. The van der Waals surface area contributed by atoms with Gasteiger partial charge in [-0.3, -0.25) is 4.79 Å². The summed E-state index contributed by atoms with van der Waals surface area (Å²) in [7, 11) is -1.88. The maximum absolute atomic E-state index is 12.9. The van der Waals surface area contributed by atoms with Gasteiger partial charge in [-0.05, 0) is 49.2 Å². The number of thioether (sulfide) groups is 1. The topological polar surface area (TPSA) is 95.2 Å². The predicted molar refractivity (Wildman–Crippen MR) is 124 cm³/mol. The quantitative estimate of drug-likeness (QED) is 0.516. The third-order valence-electron chi connectivity index (χ3n) is 5.61. The van der Waals surface area contributed by atoms with E-state index in [1.807, 2.05) is 24.3 Å². The summed E-state index contributed by atoms with van der Waals surface area (Å²) in [5.74, 6) is 0.0185. The lowest BCUT2D eigenvalue weighted by Gasteiger charge is -2.30. The number of carbonyl (C=O) groups is 1. The van der Waals surface area contributed by atoms with Gasteiger partial charge in [0.05, 0.1) is 21.7 Å². The lowest BCUT2D eigenvalue weighted by Crippen LogP contribution is -2.38. The average Bonchev–Trinajstić information content (AvgIpc) is 3.21. The van der Waals surface area contributed by atoms with Gasteiger partial charge >= 0.3 is 0 Å². The van der Waals surface area contributed by atoms with E-state index in [2.05, 4.69) is 15.3 Å². The molecule has 164 valence electrons. The van der Waals surface area contributed by atoms with Crippen LogP contribution in [-0.4, -0.2) is 47.4 Å². The number of H-pyrrole nitrogens is 1. The number of imidazole rings is 1. The van der Waals surface area contributed by atoms with Crippen LogP contribution < -0.4 is 5.32 Å². The maximum atomic E-state index is 12.9. The second kappa shape index (κ2) is 9.42. The van der Waals surface area contributed by atoms with Gasteiger partial charge in [-0.25, -0.2) is 13.4 Å². The smallest absolute Gasteiger partial charge is 0.243 e. The summed E-state index contributed by atoms with van der Waals surface area (Å²) in [6.45, 7) is 0. The molecule has 2 aromatic carbocycles. The van der Waals surface area contributed by atoms with Crippen LogP contribution in [0.25, 0.3) is 11.0 Å². The van der Waals surface area contributed by atoms with Crippen LogP contribution in [0.5, 0.6) is 0 Å². The summed E-state index contributed by atoms with van der Waals surface area (Å²) in [5.41, 5.74) is 2.36. The number of benzene rings is 2. The highest BCUT2D eigenvalue weighted by Crippen LogP contribution is 2.27. The van der Waals surface area contributed by atoms with Crippen LogP contribution in [0, 0.1) is 0 Å². The highest BCUT2D eigenvalue weighted by atomic mass is 32.2. The Bertz CT molecular complexity index is 1120. The lowest BCUT2D eigenvalue weighted by molar-refractivity contribution is -0.113. The Morgan fingerprint density at radius 2 is 1.84 bits per heavy atom. The van der Waals surface area contributed by atoms with Crippen LogP contribution in [0.4, 0.5) is 5.69 Å². The van der Waals surface area contributed by atoms with E-state index in [9.17, 15) is 13.2 Å². The number of para-hydroxylation sites is 2. The Labute approximate surface area is 186 Å². The minimum Gasteiger partial charge on any atom is -0.333 e. The number of hydrogen-bond acceptors (Lipinski definition) is 5. The Balaban J connectivity index is 1.34. The van der Waals surface area contributed by atoms with Gasteiger partial charge in [-0.2, -0.15) is 4.31 Å². The van der Waals surface area contributed by atoms with Crippen LogP contribution in [-0.2, 0) is 14.8 Å². The Kier molecular flexibility index (Phi) is 6.64. The van der Waals surface area contributed by atoms with Crippen molar-refractivity contribution in [2.24, 2.45) is 0 Å². The number of amides is 1. The third-order valence-corrected chi connectivity index (χ3v) is 8.41. The average molecular weight is 459 g/mol. The number of carbonyl (C=O) groups excluding carboxylic acids is 1. The number of anilines is 1. The van der Waals surface area contributed by atoms with Crippen molar-refractivity contribution in [3.05, 3.63) is 48.5 Å². The third kappa shape index (κ3) is 5.11. The molecule has 1 aromatic heterocycles. The minimum atomic E-state index is -3.54. The monoisotopic (exact) mass is 458 g/mol. The van der Waals surface area contributed by atoms with Crippen LogP contribution >= 0.6 is 11.8 Å². The second-order valence-electron chi connectivity index (χ2n) is 7.73. The van der Waals surface area contributed by atoms with Crippen LogP contribution in [0.2, 0.25) is 0 Å². The van der Waals surface area contributed by atoms with E-state index in [-0.39, 0.29) is 22.6 Å². The first-order valence-electron chi connectivity index (χ1n) is 10.4. The first-order chi connectivity index (χ1) is 14.9. The molecular formula is C22H26N4O3S2. The molecule has 1 amide bonds. The van der Waals surface area contributed by atoms with Gasteiger partial charge < -0.3 is 10.3 Å². The minimum absolute atomic E-state index is 0.0633. The van der Waals surface area contributed by atoms with Gasteiger partial charge in [0, 0.05) is 18.8 Å². The zero-order valence-corrected chi connectivity index (χ0v) is 19.0. The van der Waals surface area contributed by atoms with Crippen LogP contribution in [0.1, 0.15) is 32.1 Å². The highest BCUT2D eigenvalue weighted by molar-refractivity contribution is 7.99. The number of rotatable bonds is 7. The number of hydrogen-bond donors (Lipinski definition) is 2. The van der Waals surface area contributed by atoms with Crippen molar-refractivity contribution in [2.45, 2.75) is 48.2 Å². The normalized spacial score (nSPS) is 15.4. The maximum Gasteiger partial charge on any atom is 0.243 e. The molecule has 0 unspecified atom stereocenters. The predicted octanol–water partition coefficient (Wildman–Crippen LogP) is 4.25. The largest absolute Gasteiger partial charge is 0.333 e. The van der Waals surface area contributed by atoms with Crippen molar-refractivity contribution in [3.8, 4) is 0 Å². The van der Waals surface area contributed by atoms with Crippen molar-refractivity contribution < 1.29 is 13.2 Å². The van der Waals surface area contributed by atoms with Gasteiger partial charge in [0.2, 0.25) is 15.9 Å². The van der Waals surface area contributed by atoms with Gasteiger partial charge in [-0.15, -0.1) is 0 Å². The molecule has 0 aliphatic heterocycles. The molecule has 1 aliphatic rings. The molecule has 0 bridgehead atoms. The zero-order valence-electron chi connectivity index (χ0n) is 17.4. The fourth-order valence-corrected chi connectivity index (χ4v) is 5.95.